The third-order valence-corrected chi connectivity index (χ3v) is 30.5. The lowest BCUT2D eigenvalue weighted by Crippen LogP contribution is -2.79. The molecule has 20 atom stereocenters. The summed E-state index contributed by atoms with van der Waals surface area (Å²) in [6, 6.07) is 5.39. The summed E-state index contributed by atoms with van der Waals surface area (Å²) in [5.41, 5.74) is -12.7. The van der Waals surface area contributed by atoms with Gasteiger partial charge in [-0.1, -0.05) is 93.5 Å². The van der Waals surface area contributed by atoms with Crippen LogP contribution < -0.4 is 10.2 Å². The highest BCUT2D eigenvalue weighted by molar-refractivity contribution is 8.76. The number of aromatic hydroxyl groups is 1. The van der Waals surface area contributed by atoms with Gasteiger partial charge in [-0.2, -0.15) is 0 Å². The third-order valence-electron chi connectivity index (χ3n) is 27.8. The molecule has 9 aliphatic carbocycles. The van der Waals surface area contributed by atoms with E-state index in [2.05, 4.69) is 38.2 Å². The van der Waals surface area contributed by atoms with Gasteiger partial charge < -0.3 is 65.6 Å². The number of hydrogen-bond acceptors (Lipinski definition) is 16. The quantitative estimate of drug-likeness (QED) is 0.0413. The fourth-order valence-corrected chi connectivity index (χ4v) is 26.5. The maximum Gasteiger partial charge on any atom is 0.234 e. The number of epoxide rings is 1. The van der Waals surface area contributed by atoms with Crippen molar-refractivity contribution in [1.82, 2.24) is 5.32 Å². The Hall–Kier alpha value is -2.10. The number of methoxy groups -OCH3 is 1. The molecule has 1 aromatic carbocycles. The molecule has 472 valence electrons. The average Bonchev–Trinajstić information content (AvgIpc) is 1.59. The number of fused-ring (bicyclic) bond motifs is 1. The number of nitrogens with one attached hydrogen (secondary N) is 1. The smallest absolute Gasteiger partial charge is 0.234 e. The summed E-state index contributed by atoms with van der Waals surface area (Å²) in [7, 11) is 4.30. The second-order valence-electron chi connectivity index (χ2n) is 30.6. The zero-order valence-electron chi connectivity index (χ0n) is 51.2. The van der Waals surface area contributed by atoms with Crippen molar-refractivity contribution in [3.63, 3.8) is 0 Å². The van der Waals surface area contributed by atoms with Gasteiger partial charge in [-0.25, -0.2) is 0 Å². The molecule has 5 aliphatic heterocycles. The van der Waals surface area contributed by atoms with Gasteiger partial charge in [0.15, 0.2) is 5.78 Å². The summed E-state index contributed by atoms with van der Waals surface area (Å²) in [6.45, 7) is 8.94. The number of aryl methyl sites for hydroxylation is 1. The first-order chi connectivity index (χ1) is 40.5. The van der Waals surface area contributed by atoms with Crippen LogP contribution in [0.3, 0.4) is 0 Å². The first-order valence-electron chi connectivity index (χ1n) is 33.2. The highest BCUT2D eigenvalue weighted by Crippen LogP contribution is 2.81. The van der Waals surface area contributed by atoms with Crippen molar-refractivity contribution in [2.24, 2.45) is 79.8 Å². The number of amides is 1. The van der Waals surface area contributed by atoms with Crippen LogP contribution in [0.1, 0.15) is 168 Å². The van der Waals surface area contributed by atoms with E-state index in [1.807, 2.05) is 17.9 Å². The third kappa shape index (κ3) is 8.17. The molecule has 15 rings (SSSR count). The summed E-state index contributed by atoms with van der Waals surface area (Å²) in [5, 5.41) is 121. The lowest BCUT2D eigenvalue weighted by molar-refractivity contribution is -0.309. The van der Waals surface area contributed by atoms with Gasteiger partial charge in [-0.15, -0.1) is 0 Å². The van der Waals surface area contributed by atoms with Gasteiger partial charge in [0, 0.05) is 78.6 Å². The number of aliphatic hydroxyl groups excluding tert-OH is 5. The number of rotatable bonds is 12. The van der Waals surface area contributed by atoms with E-state index in [9.17, 15) is 46.0 Å². The van der Waals surface area contributed by atoms with Crippen LogP contribution in [0.5, 0.6) is 5.75 Å². The van der Waals surface area contributed by atoms with E-state index >= 15 is 9.59 Å². The van der Waals surface area contributed by atoms with E-state index in [1.54, 1.807) is 25.3 Å². The van der Waals surface area contributed by atoms with Crippen LogP contribution in [0.25, 0.3) is 0 Å². The minimum absolute atomic E-state index is 0.0263. The molecule has 5 spiro atoms. The number of ether oxygens (including phenoxy) is 2. The maximum absolute atomic E-state index is 16.6. The van der Waals surface area contributed by atoms with Crippen LogP contribution in [0.15, 0.2) is 42.0 Å². The molecular weight excluding hydrogens is 1120 g/mol. The van der Waals surface area contributed by atoms with E-state index in [4.69, 9.17) is 9.47 Å². The van der Waals surface area contributed by atoms with Crippen LogP contribution in [-0.2, 0) is 25.5 Å². The number of hydrogen-bond donors (Lipinski definition) is 10. The number of carbonyl (C=O) groups is 2. The zero-order valence-corrected chi connectivity index (χ0v) is 52.8. The Morgan fingerprint density at radius 2 is 1.66 bits per heavy atom. The molecule has 0 aromatic heterocycles. The molecule has 2 saturated heterocycles. The highest BCUT2D eigenvalue weighted by Gasteiger charge is 2.84. The Morgan fingerprint density at radius 3 is 2.38 bits per heavy atom. The van der Waals surface area contributed by atoms with Gasteiger partial charge in [-0.3, -0.25) is 9.59 Å². The van der Waals surface area contributed by atoms with E-state index in [0.29, 0.717) is 114 Å². The van der Waals surface area contributed by atoms with Crippen molar-refractivity contribution < 1.29 is 65.0 Å². The van der Waals surface area contributed by atoms with Crippen LogP contribution in [0.2, 0.25) is 0 Å². The topological polar surface area (TPSA) is 253 Å². The lowest BCUT2D eigenvalue weighted by Gasteiger charge is -2.74. The number of ketones is 1. The first kappa shape index (κ1) is 61.7. The van der Waals surface area contributed by atoms with Gasteiger partial charge in [0.05, 0.1) is 41.3 Å². The Labute approximate surface area is 511 Å². The summed E-state index contributed by atoms with van der Waals surface area (Å²) >= 11 is 0. The number of allylic oxidation sites excluding steroid dienone is 2. The molecule has 15 nitrogen and oxygen atoms in total. The molecule has 8 bridgehead atoms. The van der Waals surface area contributed by atoms with Gasteiger partial charge in [0.1, 0.15) is 28.5 Å². The fourth-order valence-electron chi connectivity index (χ4n) is 23.5. The normalized spacial score (nSPS) is 47.2. The molecule has 9 fully saturated rings. The molecule has 5 heterocycles. The molecule has 7 saturated carbocycles. The Balaban J connectivity index is 0.982. The van der Waals surface area contributed by atoms with Gasteiger partial charge in [-0.05, 0) is 185 Å². The van der Waals surface area contributed by atoms with Crippen LogP contribution in [0, 0.1) is 79.8 Å². The predicted molar refractivity (Wildman–Crippen MR) is 327 cm³/mol. The van der Waals surface area contributed by atoms with Crippen molar-refractivity contribution in [3.05, 3.63) is 47.6 Å². The Morgan fingerprint density at radius 1 is 0.906 bits per heavy atom. The average molecular weight is 1220 g/mol. The van der Waals surface area contributed by atoms with E-state index in [1.165, 1.54) is 21.6 Å². The molecule has 10 N–H and O–H groups in total. The standard InChI is InChI=1S/C68H100N2O13S2/c1-40(2)41(3)54-56(83-54)65(79)24-11-15-44-31-49-50-33-52(74)64(34-53(75)67(81,39-72)62(59(49,64)4)22-8-9-23-62)58(78)85-84-37-46-14-10-13-45(36-71)68(46)57(77)70(47-29-42(30-48(73)32-47)16-26-63(44)51(65)18-27-66(50,63)80)38-61(68)25-17-43(55(61)76)35-69-60(19-6-7-20-60)21-12-28-82-5/h11,15,29-30,32-33,40-41,43-46,49,51,53-56,58,69,71-73,75-76,78-81H,6-10,12-14,16-28,31,34-39H2,1-5H3/t41-,43+,44+,45-,46+,49+,51+,53-,54+,55-,56-,58-,59+,61+,63-,64+,65-,66-,67-,68-/m1/s1. The fraction of sp³-hybridized carbons (Fsp3) is 0.824. The van der Waals surface area contributed by atoms with E-state index < -0.39 is 109 Å². The summed E-state index contributed by atoms with van der Waals surface area (Å²) < 4.78 is 12.1. The first-order valence-corrected chi connectivity index (χ1v) is 35.6. The molecule has 1 aromatic rings. The van der Waals surface area contributed by atoms with Crippen molar-refractivity contribution >= 4 is 39.0 Å². The second-order valence-corrected chi connectivity index (χ2v) is 33.1. The number of anilines is 1. The van der Waals surface area contributed by atoms with Crippen molar-refractivity contribution in [2.45, 2.75) is 221 Å². The Bertz CT molecular complexity index is 2810. The number of aliphatic hydroxyl groups is 8. The molecule has 0 unspecified atom stereocenters. The molecule has 0 radical (unpaired) electrons. The van der Waals surface area contributed by atoms with Crippen LogP contribution in [-0.4, -0.2) is 156 Å². The summed E-state index contributed by atoms with van der Waals surface area (Å²) in [4.78, 5) is 34.9. The molecular formula is C68H100N2O13S2. The number of phenols is 1. The van der Waals surface area contributed by atoms with E-state index in [-0.39, 0.29) is 73.0 Å². The largest absolute Gasteiger partial charge is 0.508 e. The minimum Gasteiger partial charge on any atom is -0.508 e. The van der Waals surface area contributed by atoms with Crippen LogP contribution in [0.4, 0.5) is 5.69 Å². The monoisotopic (exact) mass is 1220 g/mol. The predicted octanol–water partition coefficient (Wildman–Crippen LogP) is 7.93. The highest BCUT2D eigenvalue weighted by atomic mass is 33.1. The van der Waals surface area contributed by atoms with Gasteiger partial charge >= 0.3 is 0 Å². The Kier molecular flexibility index (Phi) is 15.8. The zero-order chi connectivity index (χ0) is 60.1. The van der Waals surface area contributed by atoms with Crippen molar-refractivity contribution in [3.8, 4) is 5.75 Å². The SMILES string of the molecule is COCCCC1(NC[C@@H]2CC[C@]3(CN4C(=O)[C@]35[C@@H](CO)CCC[C@H]5CSS[C@@H](O)[C@@]35C[C@@H](O)[C@](O)(CO)C6(CCCC6)[C@]3(C)[C@H]3C[C@@H]6C=CC[C@](O)([C@@H]7O[C@H]7[C@H](C)C(C)C)[C@H]7CC[C@@](O)(C3=CC5=O)[C@@]76CCc3cc(O)cc4c3)[C@@H]2O)CCCC1. The molecule has 17 heteroatoms. The van der Waals surface area contributed by atoms with E-state index in [0.717, 1.165) is 50.5 Å². The van der Waals surface area contributed by atoms with Crippen molar-refractivity contribution in [2.75, 3.05) is 50.7 Å². The lowest BCUT2D eigenvalue weighted by atomic mass is 9.31. The number of phenolic OH excluding ortho intramolecular Hbond substituents is 1. The number of benzene rings is 1. The summed E-state index contributed by atoms with van der Waals surface area (Å²) in [5.74, 6) is -2.51. The molecule has 14 aliphatic rings. The summed E-state index contributed by atoms with van der Waals surface area (Å²) in [6.07, 6.45) is 15.8. The number of carbonyl (C=O) groups excluding carboxylic acids is 2. The number of nitrogens with zero attached hydrogens (tertiary/aromatic N) is 1. The van der Waals surface area contributed by atoms with Gasteiger partial charge in [0.25, 0.3) is 0 Å². The second kappa shape index (κ2) is 21.8. The van der Waals surface area contributed by atoms with Crippen LogP contribution >= 0.6 is 21.6 Å². The van der Waals surface area contributed by atoms with Crippen molar-refractivity contribution in [1.29, 1.82) is 0 Å². The maximum atomic E-state index is 16.6. The van der Waals surface area contributed by atoms with Gasteiger partial charge in [0.2, 0.25) is 5.91 Å². The molecule has 1 amide bonds. The molecule has 85 heavy (non-hydrogen) atoms. The minimum atomic E-state index is -2.06.